The van der Waals surface area contributed by atoms with Gasteiger partial charge in [-0.1, -0.05) is 28.8 Å². The summed E-state index contributed by atoms with van der Waals surface area (Å²) in [7, 11) is 1.55. The third-order valence-electron chi connectivity index (χ3n) is 3.52. The van der Waals surface area contributed by atoms with Gasteiger partial charge in [0.05, 0.1) is 12.7 Å². The second-order valence-electron chi connectivity index (χ2n) is 5.01. The molecule has 0 aromatic heterocycles. The molecule has 114 valence electrons. The van der Waals surface area contributed by atoms with Gasteiger partial charge in [0.15, 0.2) is 5.11 Å². The first-order valence-corrected chi connectivity index (χ1v) is 8.25. The molecule has 1 heterocycles. The van der Waals surface area contributed by atoms with Gasteiger partial charge in [0.2, 0.25) is 0 Å². The standard InChI is InChI=1S/C15H19BrN2O2S/c1-20-13-7-6-11(16)10-12(13)14(19)17-15(21)18-8-4-2-3-5-9-18/h6-7,10H,2-5,8-9H2,1H3,(H,17,19,21). The molecule has 1 fully saturated rings. The van der Waals surface area contributed by atoms with Crippen molar-refractivity contribution in [1.29, 1.82) is 0 Å². The number of rotatable bonds is 2. The molecule has 1 amide bonds. The number of benzene rings is 1. The smallest absolute Gasteiger partial charge is 0.261 e. The molecule has 0 unspecified atom stereocenters. The first-order chi connectivity index (χ1) is 10.1. The van der Waals surface area contributed by atoms with Crippen LogP contribution in [0.15, 0.2) is 22.7 Å². The van der Waals surface area contributed by atoms with E-state index < -0.39 is 0 Å². The number of likely N-dealkylation sites (tertiary alicyclic amines) is 1. The minimum Gasteiger partial charge on any atom is -0.496 e. The van der Waals surface area contributed by atoms with Crippen LogP contribution < -0.4 is 10.1 Å². The van der Waals surface area contributed by atoms with Crippen molar-refractivity contribution in [2.24, 2.45) is 0 Å². The first kappa shape index (κ1) is 16.2. The molecule has 6 heteroatoms. The maximum absolute atomic E-state index is 12.4. The Hall–Kier alpha value is -1.14. The van der Waals surface area contributed by atoms with Gasteiger partial charge in [-0.25, -0.2) is 0 Å². The Bertz CT molecular complexity index is 528. The molecule has 4 nitrogen and oxygen atoms in total. The fraction of sp³-hybridized carbons (Fsp3) is 0.467. The Balaban J connectivity index is 2.06. The van der Waals surface area contributed by atoms with Crippen LogP contribution >= 0.6 is 28.1 Å². The predicted molar refractivity (Wildman–Crippen MR) is 90.8 cm³/mol. The zero-order valence-corrected chi connectivity index (χ0v) is 14.4. The minimum absolute atomic E-state index is 0.234. The molecular weight excluding hydrogens is 352 g/mol. The number of hydrogen-bond acceptors (Lipinski definition) is 3. The summed E-state index contributed by atoms with van der Waals surface area (Å²) < 4.78 is 6.06. The summed E-state index contributed by atoms with van der Waals surface area (Å²) in [5.74, 6) is 0.303. The molecule has 1 aromatic carbocycles. The molecule has 1 aliphatic rings. The molecule has 1 aliphatic heterocycles. The quantitative estimate of drug-likeness (QED) is 0.810. The summed E-state index contributed by atoms with van der Waals surface area (Å²) in [6, 6.07) is 5.33. The van der Waals surface area contributed by atoms with E-state index in [0.717, 1.165) is 30.4 Å². The van der Waals surface area contributed by atoms with Crippen molar-refractivity contribution >= 4 is 39.2 Å². The van der Waals surface area contributed by atoms with Crippen molar-refractivity contribution in [3.8, 4) is 5.75 Å². The number of amides is 1. The van der Waals surface area contributed by atoms with Crippen LogP contribution in [0.2, 0.25) is 0 Å². The van der Waals surface area contributed by atoms with E-state index in [0.29, 0.717) is 16.4 Å². The highest BCUT2D eigenvalue weighted by Gasteiger charge is 2.18. The highest BCUT2D eigenvalue weighted by atomic mass is 79.9. The average Bonchev–Trinajstić information content (AvgIpc) is 2.76. The summed E-state index contributed by atoms with van der Waals surface area (Å²) in [6.45, 7) is 1.82. The van der Waals surface area contributed by atoms with Gasteiger partial charge in [0, 0.05) is 17.6 Å². The zero-order valence-electron chi connectivity index (χ0n) is 12.0. The summed E-state index contributed by atoms with van der Waals surface area (Å²) in [5.41, 5.74) is 0.476. The summed E-state index contributed by atoms with van der Waals surface area (Å²) >= 11 is 8.73. The molecule has 1 N–H and O–H groups in total. The Morgan fingerprint density at radius 2 is 1.95 bits per heavy atom. The molecule has 0 saturated carbocycles. The molecule has 0 spiro atoms. The number of methoxy groups -OCH3 is 1. The third kappa shape index (κ3) is 4.41. The maximum Gasteiger partial charge on any atom is 0.261 e. The zero-order chi connectivity index (χ0) is 15.2. The summed E-state index contributed by atoms with van der Waals surface area (Å²) in [5, 5.41) is 3.32. The average molecular weight is 371 g/mol. The topological polar surface area (TPSA) is 41.6 Å². The third-order valence-corrected chi connectivity index (χ3v) is 4.37. The van der Waals surface area contributed by atoms with Crippen molar-refractivity contribution in [3.63, 3.8) is 0 Å². The van der Waals surface area contributed by atoms with Crippen LogP contribution in [0.25, 0.3) is 0 Å². The van der Waals surface area contributed by atoms with Gasteiger partial charge in [0.1, 0.15) is 5.75 Å². The molecular formula is C15H19BrN2O2S. The molecule has 0 bridgehead atoms. The molecule has 0 aliphatic carbocycles. The molecule has 2 rings (SSSR count). The number of nitrogens with one attached hydrogen (secondary N) is 1. The van der Waals surface area contributed by atoms with Crippen LogP contribution in [0.3, 0.4) is 0 Å². The fourth-order valence-electron chi connectivity index (χ4n) is 2.37. The van der Waals surface area contributed by atoms with E-state index in [1.807, 2.05) is 6.07 Å². The molecule has 1 saturated heterocycles. The fourth-order valence-corrected chi connectivity index (χ4v) is 3.01. The van der Waals surface area contributed by atoms with Gasteiger partial charge in [-0.15, -0.1) is 0 Å². The van der Waals surface area contributed by atoms with Crippen molar-refractivity contribution in [2.45, 2.75) is 25.7 Å². The van der Waals surface area contributed by atoms with Crippen molar-refractivity contribution in [1.82, 2.24) is 10.2 Å². The van der Waals surface area contributed by atoms with Gasteiger partial charge < -0.3 is 9.64 Å². The van der Waals surface area contributed by atoms with E-state index in [1.54, 1.807) is 19.2 Å². The number of thiocarbonyl (C=S) groups is 1. The van der Waals surface area contributed by atoms with Crippen molar-refractivity contribution < 1.29 is 9.53 Å². The number of halogens is 1. The van der Waals surface area contributed by atoms with Crippen LogP contribution in [0.5, 0.6) is 5.75 Å². The Kier molecular flexibility index (Phi) is 5.99. The van der Waals surface area contributed by atoms with E-state index in [4.69, 9.17) is 17.0 Å². The monoisotopic (exact) mass is 370 g/mol. The summed E-state index contributed by atoms with van der Waals surface area (Å²) in [4.78, 5) is 14.5. The SMILES string of the molecule is COc1ccc(Br)cc1C(=O)NC(=S)N1CCCCCC1. The highest BCUT2D eigenvalue weighted by molar-refractivity contribution is 9.10. The van der Waals surface area contributed by atoms with Crippen LogP contribution in [0.1, 0.15) is 36.0 Å². The van der Waals surface area contributed by atoms with E-state index in [9.17, 15) is 4.79 Å². The Labute approximate surface area is 139 Å². The Morgan fingerprint density at radius 1 is 1.29 bits per heavy atom. The van der Waals surface area contributed by atoms with Crippen LogP contribution in [-0.2, 0) is 0 Å². The number of carbonyl (C=O) groups is 1. The van der Waals surface area contributed by atoms with Gasteiger partial charge in [-0.2, -0.15) is 0 Å². The minimum atomic E-state index is -0.234. The largest absolute Gasteiger partial charge is 0.496 e. The molecule has 0 radical (unpaired) electrons. The molecule has 0 atom stereocenters. The van der Waals surface area contributed by atoms with Gasteiger partial charge in [-0.3, -0.25) is 10.1 Å². The summed E-state index contributed by atoms with van der Waals surface area (Å²) in [6.07, 6.45) is 4.70. The van der Waals surface area contributed by atoms with Crippen molar-refractivity contribution in [2.75, 3.05) is 20.2 Å². The number of carbonyl (C=O) groups excluding carboxylic acids is 1. The highest BCUT2D eigenvalue weighted by Crippen LogP contribution is 2.23. The lowest BCUT2D eigenvalue weighted by molar-refractivity contribution is 0.0970. The lowest BCUT2D eigenvalue weighted by Crippen LogP contribution is -2.43. The van der Waals surface area contributed by atoms with E-state index in [2.05, 4.69) is 26.1 Å². The molecule has 1 aromatic rings. The normalized spacial score (nSPS) is 15.2. The van der Waals surface area contributed by atoms with Crippen molar-refractivity contribution in [3.05, 3.63) is 28.2 Å². The lowest BCUT2D eigenvalue weighted by Gasteiger charge is -2.23. The number of nitrogens with zero attached hydrogens (tertiary/aromatic N) is 1. The lowest BCUT2D eigenvalue weighted by atomic mass is 10.2. The van der Waals surface area contributed by atoms with Crippen LogP contribution in [0.4, 0.5) is 0 Å². The maximum atomic E-state index is 12.4. The van der Waals surface area contributed by atoms with Crippen LogP contribution in [0, 0.1) is 0 Å². The number of hydrogen-bond donors (Lipinski definition) is 1. The Morgan fingerprint density at radius 3 is 2.57 bits per heavy atom. The van der Waals surface area contributed by atoms with E-state index in [1.165, 1.54) is 12.8 Å². The second kappa shape index (κ2) is 7.75. The van der Waals surface area contributed by atoms with E-state index >= 15 is 0 Å². The van der Waals surface area contributed by atoms with E-state index in [-0.39, 0.29) is 5.91 Å². The van der Waals surface area contributed by atoms with Crippen LogP contribution in [-0.4, -0.2) is 36.1 Å². The number of ether oxygens (including phenoxy) is 1. The molecule has 21 heavy (non-hydrogen) atoms. The van der Waals surface area contributed by atoms with Gasteiger partial charge >= 0.3 is 0 Å². The van der Waals surface area contributed by atoms with Gasteiger partial charge in [-0.05, 0) is 43.3 Å². The second-order valence-corrected chi connectivity index (χ2v) is 6.31. The predicted octanol–water partition coefficient (Wildman–Crippen LogP) is 3.35. The first-order valence-electron chi connectivity index (χ1n) is 7.05. The van der Waals surface area contributed by atoms with Gasteiger partial charge in [0.25, 0.3) is 5.91 Å².